The van der Waals surface area contributed by atoms with Gasteiger partial charge in [-0.3, -0.25) is 9.69 Å². The van der Waals surface area contributed by atoms with Crippen molar-refractivity contribution >= 4 is 12.0 Å². The molecule has 6 atom stereocenters. The summed E-state index contributed by atoms with van der Waals surface area (Å²) < 4.78 is 5.95. The van der Waals surface area contributed by atoms with E-state index in [2.05, 4.69) is 16.7 Å². The van der Waals surface area contributed by atoms with E-state index >= 15 is 0 Å². The summed E-state index contributed by atoms with van der Waals surface area (Å²) in [5.74, 6) is 0.165. The highest BCUT2D eigenvalue weighted by Crippen LogP contribution is 2.48. The van der Waals surface area contributed by atoms with Crippen LogP contribution in [0.1, 0.15) is 51.7 Å². The Morgan fingerprint density at radius 3 is 2.61 bits per heavy atom. The molecule has 33 heavy (non-hydrogen) atoms. The lowest BCUT2D eigenvalue weighted by Gasteiger charge is -2.50. The molecule has 7 nitrogen and oxygen atoms in total. The quantitative estimate of drug-likeness (QED) is 0.615. The lowest BCUT2D eigenvalue weighted by Crippen LogP contribution is -2.61. The predicted octanol–water partition coefficient (Wildman–Crippen LogP) is 3.28. The average molecular weight is 454 g/mol. The second kappa shape index (κ2) is 9.31. The molecule has 2 aliphatic heterocycles. The third-order valence-corrected chi connectivity index (χ3v) is 7.44. The van der Waals surface area contributed by atoms with Gasteiger partial charge in [-0.2, -0.15) is 0 Å². The standard InChI is InChI=1S/C26H35N3O4/c1-16(27-4)24(31)28-19-12-10-17(11-13-19)22-20-14-15-21(23(30)18-8-6-5-7-9-18)29(20)25(32)33-26(22,2)3/h5-10,12-13,16-17,20-23,27,30H,11,14-15H2,1-4H3,(H,28,31)/t16-,17?,20+,21-,22?,23-/m1/s1. The van der Waals surface area contributed by atoms with Crippen LogP contribution >= 0.6 is 0 Å². The molecule has 0 saturated carbocycles. The predicted molar refractivity (Wildman–Crippen MR) is 126 cm³/mol. The van der Waals surface area contributed by atoms with Crippen molar-refractivity contribution in [3.8, 4) is 0 Å². The summed E-state index contributed by atoms with van der Waals surface area (Å²) in [5.41, 5.74) is 0.980. The number of cyclic esters (lactones) is 1. The zero-order valence-electron chi connectivity index (χ0n) is 19.8. The molecule has 0 bridgehead atoms. The van der Waals surface area contributed by atoms with Crippen molar-refractivity contribution in [3.05, 3.63) is 59.8 Å². The molecule has 178 valence electrons. The molecule has 0 spiro atoms. The van der Waals surface area contributed by atoms with E-state index in [1.165, 1.54) is 0 Å². The van der Waals surface area contributed by atoms with Crippen LogP contribution in [0, 0.1) is 11.8 Å². The molecular weight excluding hydrogens is 418 g/mol. The summed E-state index contributed by atoms with van der Waals surface area (Å²) in [6, 6.07) is 8.94. The molecule has 2 amide bonds. The minimum absolute atomic E-state index is 0.00637. The first-order chi connectivity index (χ1) is 15.7. The largest absolute Gasteiger partial charge is 0.443 e. The van der Waals surface area contributed by atoms with E-state index in [0.717, 1.165) is 30.5 Å². The first-order valence-corrected chi connectivity index (χ1v) is 11.8. The first kappa shape index (κ1) is 23.5. The molecule has 2 unspecified atom stereocenters. The van der Waals surface area contributed by atoms with E-state index in [9.17, 15) is 14.7 Å². The van der Waals surface area contributed by atoms with Crippen molar-refractivity contribution in [1.29, 1.82) is 0 Å². The van der Waals surface area contributed by atoms with Gasteiger partial charge in [0.15, 0.2) is 0 Å². The molecule has 0 radical (unpaired) electrons. The fourth-order valence-electron chi connectivity index (χ4n) is 5.66. The summed E-state index contributed by atoms with van der Waals surface area (Å²) in [6.45, 7) is 5.79. The second-order valence-corrected chi connectivity index (χ2v) is 9.89. The van der Waals surface area contributed by atoms with Gasteiger partial charge in [-0.25, -0.2) is 4.79 Å². The van der Waals surface area contributed by atoms with E-state index < -0.39 is 11.7 Å². The zero-order chi connectivity index (χ0) is 23.8. The Labute approximate surface area is 195 Å². The molecule has 1 aromatic rings. The average Bonchev–Trinajstić information content (AvgIpc) is 3.24. The van der Waals surface area contributed by atoms with E-state index in [0.29, 0.717) is 0 Å². The summed E-state index contributed by atoms with van der Waals surface area (Å²) in [6.07, 6.45) is 7.36. The van der Waals surface area contributed by atoms with Crippen LogP contribution in [0.5, 0.6) is 0 Å². The second-order valence-electron chi connectivity index (χ2n) is 9.89. The number of aliphatic hydroxyl groups is 1. The topological polar surface area (TPSA) is 90.9 Å². The number of carbonyl (C=O) groups excluding carboxylic acids is 2. The minimum Gasteiger partial charge on any atom is -0.443 e. The number of hydrogen-bond donors (Lipinski definition) is 3. The third-order valence-electron chi connectivity index (χ3n) is 7.44. The summed E-state index contributed by atoms with van der Waals surface area (Å²) in [4.78, 5) is 27.0. The Kier molecular flexibility index (Phi) is 6.64. The Bertz CT molecular complexity index is 942. The number of likely N-dealkylation sites (N-methyl/N-ethyl adjacent to an activating group) is 1. The van der Waals surface area contributed by atoms with E-state index in [4.69, 9.17) is 4.74 Å². The number of nitrogens with zero attached hydrogens (tertiary/aromatic N) is 1. The first-order valence-electron chi connectivity index (χ1n) is 11.8. The van der Waals surface area contributed by atoms with E-state index in [-0.39, 0.29) is 42.0 Å². The van der Waals surface area contributed by atoms with E-state index in [1.807, 2.05) is 63.3 Å². The molecule has 1 aromatic carbocycles. The normalized spacial score (nSPS) is 30.2. The molecule has 7 heteroatoms. The molecule has 4 rings (SSSR count). The van der Waals surface area contributed by atoms with Crippen LogP contribution < -0.4 is 10.6 Å². The van der Waals surface area contributed by atoms with Crippen molar-refractivity contribution < 1.29 is 19.4 Å². The van der Waals surface area contributed by atoms with Gasteiger partial charge < -0.3 is 20.5 Å². The monoisotopic (exact) mass is 453 g/mol. The third kappa shape index (κ3) is 4.57. The zero-order valence-corrected chi connectivity index (χ0v) is 19.8. The lowest BCUT2D eigenvalue weighted by molar-refractivity contribution is -0.122. The number of amides is 2. The number of carbonyl (C=O) groups is 2. The van der Waals surface area contributed by atoms with Gasteiger partial charge in [0.1, 0.15) is 5.60 Å². The maximum absolute atomic E-state index is 13.0. The number of hydrogen-bond acceptors (Lipinski definition) is 5. The Balaban J connectivity index is 1.51. The molecule has 2 fully saturated rings. The minimum atomic E-state index is -0.747. The maximum atomic E-state index is 13.0. The summed E-state index contributed by atoms with van der Waals surface area (Å²) >= 11 is 0. The number of ether oxygens (including phenoxy) is 1. The van der Waals surface area contributed by atoms with Gasteiger partial charge in [0.2, 0.25) is 5.91 Å². The van der Waals surface area contributed by atoms with Crippen molar-refractivity contribution in [2.45, 2.75) is 69.9 Å². The number of allylic oxidation sites excluding steroid dienone is 3. The van der Waals surface area contributed by atoms with Crippen molar-refractivity contribution in [1.82, 2.24) is 15.5 Å². The Morgan fingerprint density at radius 2 is 1.97 bits per heavy atom. The van der Waals surface area contributed by atoms with Gasteiger partial charge in [0.25, 0.3) is 0 Å². The van der Waals surface area contributed by atoms with Gasteiger partial charge >= 0.3 is 6.09 Å². The fraction of sp³-hybridized carbons (Fsp3) is 0.538. The van der Waals surface area contributed by atoms with Gasteiger partial charge in [-0.1, -0.05) is 42.5 Å². The van der Waals surface area contributed by atoms with Crippen molar-refractivity contribution in [2.75, 3.05) is 7.05 Å². The van der Waals surface area contributed by atoms with Crippen LogP contribution in [0.2, 0.25) is 0 Å². The Hall–Kier alpha value is -2.64. The highest BCUT2D eigenvalue weighted by molar-refractivity contribution is 5.83. The van der Waals surface area contributed by atoms with Crippen LogP contribution in [-0.4, -0.2) is 52.8 Å². The smallest absolute Gasteiger partial charge is 0.410 e. The van der Waals surface area contributed by atoms with Crippen LogP contribution in [0.15, 0.2) is 54.3 Å². The fourth-order valence-corrected chi connectivity index (χ4v) is 5.66. The highest BCUT2D eigenvalue weighted by Gasteiger charge is 2.56. The van der Waals surface area contributed by atoms with Crippen molar-refractivity contribution in [3.63, 3.8) is 0 Å². The molecule has 0 aromatic heterocycles. The lowest BCUT2D eigenvalue weighted by atomic mass is 9.71. The van der Waals surface area contributed by atoms with E-state index in [1.54, 1.807) is 11.9 Å². The number of nitrogens with one attached hydrogen (secondary N) is 2. The summed E-state index contributed by atoms with van der Waals surface area (Å²) in [7, 11) is 1.76. The molecular formula is C26H35N3O4. The number of fused-ring (bicyclic) bond motifs is 1. The van der Waals surface area contributed by atoms with Crippen molar-refractivity contribution in [2.24, 2.45) is 11.8 Å². The maximum Gasteiger partial charge on any atom is 0.410 e. The van der Waals surface area contributed by atoms with Gasteiger partial charge in [0, 0.05) is 17.7 Å². The molecule has 1 aliphatic carbocycles. The van der Waals surface area contributed by atoms with Gasteiger partial charge in [-0.15, -0.1) is 0 Å². The Morgan fingerprint density at radius 1 is 1.24 bits per heavy atom. The van der Waals surface area contributed by atoms with Crippen LogP contribution in [0.3, 0.4) is 0 Å². The van der Waals surface area contributed by atoms with Crippen LogP contribution in [0.25, 0.3) is 0 Å². The highest BCUT2D eigenvalue weighted by atomic mass is 16.6. The van der Waals surface area contributed by atoms with Crippen LogP contribution in [-0.2, 0) is 9.53 Å². The van der Waals surface area contributed by atoms with Gasteiger partial charge in [0.05, 0.1) is 18.2 Å². The SMILES string of the molecule is CN[C@H](C)C(=O)NC1=CCC(C2[C@@H]3CC[C@H]([C@H](O)c4ccccc4)N3C(=O)OC2(C)C)C=C1. The molecule has 3 N–H and O–H groups in total. The van der Waals surface area contributed by atoms with Crippen LogP contribution in [0.4, 0.5) is 4.79 Å². The summed E-state index contributed by atoms with van der Waals surface area (Å²) in [5, 5.41) is 17.0. The molecule has 2 heterocycles. The number of aliphatic hydroxyl groups excluding tert-OH is 1. The number of benzene rings is 1. The number of rotatable bonds is 6. The van der Waals surface area contributed by atoms with Gasteiger partial charge in [-0.05, 0) is 64.6 Å². The molecule has 3 aliphatic rings. The molecule has 2 saturated heterocycles.